The van der Waals surface area contributed by atoms with E-state index in [9.17, 15) is 19.5 Å². The molecule has 5 rings (SSSR count). The summed E-state index contributed by atoms with van der Waals surface area (Å²) in [6.45, 7) is 8.26. The first-order valence-corrected chi connectivity index (χ1v) is 13.5. The lowest BCUT2D eigenvalue weighted by molar-refractivity contribution is -0.157. The normalized spacial score (nSPS) is 27.1. The summed E-state index contributed by atoms with van der Waals surface area (Å²) in [5, 5.41) is 10.4. The predicted molar refractivity (Wildman–Crippen MR) is 144 cm³/mol. The van der Waals surface area contributed by atoms with Crippen LogP contribution in [-0.2, 0) is 16.0 Å². The fraction of sp³-hybridized carbons (Fsp3) is 0.469. The molecule has 0 unspecified atom stereocenters. The number of hydrogen-bond donors (Lipinski definition) is 1. The van der Waals surface area contributed by atoms with Gasteiger partial charge >= 0.3 is 5.97 Å². The average Bonchev–Trinajstić information content (AvgIpc) is 3.35. The topological polar surface area (TPSA) is 93.8 Å². The van der Waals surface area contributed by atoms with E-state index in [0.29, 0.717) is 34.8 Å². The number of furan rings is 1. The van der Waals surface area contributed by atoms with Gasteiger partial charge < -0.3 is 14.3 Å². The first kappa shape index (κ1) is 26.2. The van der Waals surface area contributed by atoms with Crippen molar-refractivity contribution >= 4 is 17.5 Å². The number of allylic oxidation sites excluding steroid dienone is 4. The van der Waals surface area contributed by atoms with E-state index in [2.05, 4.69) is 13.8 Å². The molecule has 0 amide bonds. The summed E-state index contributed by atoms with van der Waals surface area (Å²) in [7, 11) is 1.48. The Kier molecular flexibility index (Phi) is 6.49. The fourth-order valence-electron chi connectivity index (χ4n) is 7.20. The number of ketones is 2. The highest BCUT2D eigenvalue weighted by atomic mass is 16.5. The Hall–Kier alpha value is -3.41. The molecule has 0 bridgehead atoms. The van der Waals surface area contributed by atoms with Crippen molar-refractivity contribution in [2.75, 3.05) is 7.11 Å². The van der Waals surface area contributed by atoms with Gasteiger partial charge in [0.05, 0.1) is 18.8 Å². The molecule has 1 aromatic carbocycles. The Bertz CT molecular complexity index is 1400. The van der Waals surface area contributed by atoms with Crippen molar-refractivity contribution in [3.05, 3.63) is 63.9 Å². The quantitative estimate of drug-likeness (QED) is 0.339. The maximum atomic E-state index is 13.1. The molecule has 1 saturated carbocycles. The number of benzene rings is 1. The monoisotopic (exact) mass is 516 g/mol. The highest BCUT2D eigenvalue weighted by molar-refractivity contribution is 6.26. The first-order chi connectivity index (χ1) is 18.0. The number of Topliss-reactive ketones (excluding diaryl/α,β-unsaturated/α-hetero) is 1. The molecular formula is C32H36O6. The molecule has 3 aliphatic carbocycles. The standard InChI is InChI=1S/C32H36O6/c1-18-6-8-21-17-31(3,30(36)37-5)11-12-32(21,4)25(18)9-7-20-10-13-38-29(20)24-16-22(33)15-23-26(34)14-19(2)28(35)27(23)24/h10,13-16,21,33H,6-9,11-12,17H2,1-5H3/t21-,31-,32-/m0/s1. The third-order valence-corrected chi connectivity index (χ3v) is 9.50. The number of esters is 1. The zero-order valence-corrected chi connectivity index (χ0v) is 22.9. The third-order valence-electron chi connectivity index (χ3n) is 9.50. The van der Waals surface area contributed by atoms with Gasteiger partial charge in [-0.3, -0.25) is 14.4 Å². The van der Waals surface area contributed by atoms with Gasteiger partial charge in [-0.25, -0.2) is 0 Å². The lowest BCUT2D eigenvalue weighted by atomic mass is 9.52. The van der Waals surface area contributed by atoms with Crippen LogP contribution in [0.25, 0.3) is 11.3 Å². The summed E-state index contributed by atoms with van der Waals surface area (Å²) in [5.74, 6) is 0.231. The van der Waals surface area contributed by atoms with E-state index in [1.54, 1.807) is 13.2 Å². The Morgan fingerprint density at radius 3 is 2.61 bits per heavy atom. The lowest BCUT2D eigenvalue weighted by Crippen LogP contribution is -2.45. The molecule has 1 fully saturated rings. The van der Waals surface area contributed by atoms with Crippen molar-refractivity contribution in [3.8, 4) is 17.1 Å². The molecule has 3 aliphatic rings. The van der Waals surface area contributed by atoms with Crippen LogP contribution in [0.15, 0.2) is 51.7 Å². The molecule has 2 aromatic rings. The van der Waals surface area contributed by atoms with E-state index in [1.807, 2.05) is 13.0 Å². The molecule has 0 spiro atoms. The third kappa shape index (κ3) is 4.14. The van der Waals surface area contributed by atoms with Gasteiger partial charge in [0.2, 0.25) is 0 Å². The Morgan fingerprint density at radius 1 is 1.13 bits per heavy atom. The van der Waals surface area contributed by atoms with Crippen molar-refractivity contribution in [2.24, 2.45) is 16.7 Å². The molecular weight excluding hydrogens is 480 g/mol. The second-order valence-electron chi connectivity index (χ2n) is 11.9. The van der Waals surface area contributed by atoms with E-state index in [4.69, 9.17) is 9.15 Å². The summed E-state index contributed by atoms with van der Waals surface area (Å²) in [6, 6.07) is 4.78. The molecule has 6 nitrogen and oxygen atoms in total. The van der Waals surface area contributed by atoms with Gasteiger partial charge in [0.15, 0.2) is 11.6 Å². The maximum Gasteiger partial charge on any atom is 0.311 e. The Labute approximate surface area is 223 Å². The van der Waals surface area contributed by atoms with Gasteiger partial charge in [-0.2, -0.15) is 0 Å². The predicted octanol–water partition coefficient (Wildman–Crippen LogP) is 7.01. The summed E-state index contributed by atoms with van der Waals surface area (Å²) in [5.41, 5.74) is 4.73. The number of carbonyl (C=O) groups excluding carboxylic acids is 3. The van der Waals surface area contributed by atoms with Crippen LogP contribution in [0.2, 0.25) is 0 Å². The molecule has 1 heterocycles. The zero-order valence-electron chi connectivity index (χ0n) is 22.9. The van der Waals surface area contributed by atoms with Crippen LogP contribution in [0.4, 0.5) is 0 Å². The van der Waals surface area contributed by atoms with E-state index >= 15 is 0 Å². The number of rotatable bonds is 5. The molecule has 6 heteroatoms. The van der Waals surface area contributed by atoms with Crippen molar-refractivity contribution in [2.45, 2.75) is 72.6 Å². The number of hydrogen-bond acceptors (Lipinski definition) is 6. The van der Waals surface area contributed by atoms with Crippen molar-refractivity contribution in [1.29, 1.82) is 0 Å². The van der Waals surface area contributed by atoms with Crippen molar-refractivity contribution in [3.63, 3.8) is 0 Å². The van der Waals surface area contributed by atoms with Gasteiger partial charge in [0.25, 0.3) is 0 Å². The minimum absolute atomic E-state index is 0.0221. The second kappa shape index (κ2) is 9.40. The van der Waals surface area contributed by atoms with Gasteiger partial charge in [-0.1, -0.05) is 18.1 Å². The highest BCUT2D eigenvalue weighted by Crippen LogP contribution is 2.58. The van der Waals surface area contributed by atoms with Crippen LogP contribution in [0, 0.1) is 16.7 Å². The Morgan fingerprint density at radius 2 is 1.87 bits per heavy atom. The van der Waals surface area contributed by atoms with E-state index in [-0.39, 0.29) is 34.3 Å². The average molecular weight is 517 g/mol. The summed E-state index contributed by atoms with van der Waals surface area (Å²) in [4.78, 5) is 38.3. The molecule has 1 N–H and O–H groups in total. The maximum absolute atomic E-state index is 13.1. The second-order valence-corrected chi connectivity index (χ2v) is 11.9. The van der Waals surface area contributed by atoms with E-state index in [1.165, 1.54) is 36.5 Å². The number of aromatic hydroxyl groups is 1. The minimum atomic E-state index is -0.433. The molecule has 0 saturated heterocycles. The molecule has 0 radical (unpaired) electrons. The van der Waals surface area contributed by atoms with Crippen LogP contribution in [0.5, 0.6) is 5.75 Å². The van der Waals surface area contributed by atoms with Gasteiger partial charge in [-0.05, 0) is 107 Å². The van der Waals surface area contributed by atoms with Crippen LogP contribution in [0.3, 0.4) is 0 Å². The fourth-order valence-corrected chi connectivity index (χ4v) is 7.20. The first-order valence-electron chi connectivity index (χ1n) is 13.5. The minimum Gasteiger partial charge on any atom is -0.508 e. The van der Waals surface area contributed by atoms with Crippen molar-refractivity contribution in [1.82, 2.24) is 0 Å². The van der Waals surface area contributed by atoms with Crippen LogP contribution in [0.1, 0.15) is 92.5 Å². The lowest BCUT2D eigenvalue weighted by Gasteiger charge is -2.52. The molecule has 200 valence electrons. The number of ether oxygens (including phenoxy) is 1. The molecule has 3 atom stereocenters. The molecule has 38 heavy (non-hydrogen) atoms. The number of carbonyl (C=O) groups is 3. The van der Waals surface area contributed by atoms with Gasteiger partial charge in [-0.15, -0.1) is 0 Å². The number of phenols is 1. The van der Waals surface area contributed by atoms with E-state index in [0.717, 1.165) is 44.1 Å². The molecule has 0 aliphatic heterocycles. The smallest absolute Gasteiger partial charge is 0.311 e. The zero-order chi connectivity index (χ0) is 27.4. The summed E-state index contributed by atoms with van der Waals surface area (Å²) < 4.78 is 11.0. The largest absolute Gasteiger partial charge is 0.508 e. The number of fused-ring (bicyclic) bond motifs is 2. The highest BCUT2D eigenvalue weighted by Gasteiger charge is 2.51. The van der Waals surface area contributed by atoms with Gasteiger partial charge in [0, 0.05) is 22.3 Å². The summed E-state index contributed by atoms with van der Waals surface area (Å²) >= 11 is 0. The Balaban J connectivity index is 1.45. The van der Waals surface area contributed by atoms with E-state index < -0.39 is 5.41 Å². The number of aryl methyl sites for hydroxylation is 1. The summed E-state index contributed by atoms with van der Waals surface area (Å²) in [6.07, 6.45) is 9.15. The molecule has 1 aromatic heterocycles. The number of phenolic OH excluding ortho intramolecular Hbond substituents is 1. The van der Waals surface area contributed by atoms with Crippen LogP contribution in [-0.4, -0.2) is 29.8 Å². The number of methoxy groups -OCH3 is 1. The van der Waals surface area contributed by atoms with Crippen molar-refractivity contribution < 1.29 is 28.6 Å². The van der Waals surface area contributed by atoms with Crippen LogP contribution >= 0.6 is 0 Å². The van der Waals surface area contributed by atoms with Crippen LogP contribution < -0.4 is 0 Å². The SMILES string of the molecule is COC(=O)[C@@]1(C)CC[C@]2(C)C(CCc3ccoc3-c3cc(O)cc4c3C(=O)C(C)=CC4=O)=C(C)CC[C@H]2C1. The van der Waals surface area contributed by atoms with Gasteiger partial charge in [0.1, 0.15) is 11.5 Å².